The zero-order chi connectivity index (χ0) is 14.7. The molecule has 20 heavy (non-hydrogen) atoms. The lowest BCUT2D eigenvalue weighted by atomic mass is 10.0. The highest BCUT2D eigenvalue weighted by molar-refractivity contribution is 7.80. The Morgan fingerprint density at radius 2 is 2.10 bits per heavy atom. The molecule has 3 N–H and O–H groups in total. The van der Waals surface area contributed by atoms with E-state index in [9.17, 15) is 0 Å². The van der Waals surface area contributed by atoms with E-state index in [4.69, 9.17) is 18.0 Å². The largest absolute Gasteiger partial charge is 0.389 e. The second-order valence-corrected chi connectivity index (χ2v) is 6.00. The molecule has 0 saturated carbocycles. The highest BCUT2D eigenvalue weighted by Crippen LogP contribution is 2.26. The van der Waals surface area contributed by atoms with Gasteiger partial charge in [0.05, 0.1) is 11.3 Å². The zero-order valence-corrected chi connectivity index (χ0v) is 13.4. The molecule has 2 aromatic rings. The molecule has 2 rings (SSSR count). The normalized spacial score (nSPS) is 10.6. The number of hydrogen-bond donors (Lipinski definition) is 2. The molecule has 0 aromatic carbocycles. The van der Waals surface area contributed by atoms with E-state index in [-0.39, 0.29) is 0 Å². The minimum atomic E-state index is 0.335. The molecule has 0 spiro atoms. The van der Waals surface area contributed by atoms with E-state index >= 15 is 0 Å². The first kappa shape index (κ1) is 14.8. The predicted molar refractivity (Wildman–Crippen MR) is 86.8 cm³/mol. The Morgan fingerprint density at radius 1 is 1.35 bits per heavy atom. The quantitative estimate of drug-likeness (QED) is 0.827. The maximum Gasteiger partial charge on any atom is 0.188 e. The Bertz CT molecular complexity index is 636. The van der Waals surface area contributed by atoms with Crippen molar-refractivity contribution in [2.75, 3.05) is 5.32 Å². The van der Waals surface area contributed by atoms with Crippen LogP contribution in [0.1, 0.15) is 35.5 Å². The second kappa shape index (κ2) is 6.23. The number of nitrogens with one attached hydrogen (secondary N) is 1. The van der Waals surface area contributed by atoms with Gasteiger partial charge in [0.2, 0.25) is 0 Å². The minimum absolute atomic E-state index is 0.335. The molecular weight excluding hydrogens is 290 g/mol. The summed E-state index contributed by atoms with van der Waals surface area (Å²) in [6.07, 6.45) is 3.43. The fourth-order valence-corrected chi connectivity index (χ4v) is 2.92. The van der Waals surface area contributed by atoms with E-state index in [0.29, 0.717) is 10.8 Å². The number of nitrogens with two attached hydrogens (primary N) is 1. The third-order valence-electron chi connectivity index (χ3n) is 2.94. The van der Waals surface area contributed by atoms with Gasteiger partial charge in [0, 0.05) is 11.1 Å². The number of thiazole rings is 1. The summed E-state index contributed by atoms with van der Waals surface area (Å²) in [5, 5.41) is 12.4. The van der Waals surface area contributed by atoms with Crippen LogP contribution in [-0.4, -0.2) is 20.2 Å². The molecule has 2 heterocycles. The van der Waals surface area contributed by atoms with Gasteiger partial charge in [-0.3, -0.25) is 0 Å². The topological polar surface area (TPSA) is 76.7 Å². The van der Waals surface area contributed by atoms with Crippen LogP contribution < -0.4 is 11.1 Å². The number of rotatable bonds is 5. The summed E-state index contributed by atoms with van der Waals surface area (Å²) in [4.78, 5) is 5.72. The molecule has 0 aliphatic rings. The Balaban J connectivity index is 2.49. The van der Waals surface area contributed by atoms with Crippen molar-refractivity contribution in [3.63, 3.8) is 0 Å². The van der Waals surface area contributed by atoms with Gasteiger partial charge in [0.25, 0.3) is 0 Å². The van der Waals surface area contributed by atoms with E-state index < -0.39 is 0 Å². The van der Waals surface area contributed by atoms with Gasteiger partial charge in [-0.25, -0.2) is 4.98 Å². The Morgan fingerprint density at radius 3 is 2.60 bits per heavy atom. The van der Waals surface area contributed by atoms with Crippen molar-refractivity contribution in [1.82, 2.24) is 15.2 Å². The lowest BCUT2D eigenvalue weighted by molar-refractivity contribution is 0.879. The maximum atomic E-state index is 5.88. The lowest BCUT2D eigenvalue weighted by Crippen LogP contribution is -2.18. The molecular formula is C13H17N5S2. The number of nitrogens with zero attached hydrogens (tertiary/aromatic N) is 3. The van der Waals surface area contributed by atoms with Gasteiger partial charge in [-0.05, 0) is 25.3 Å². The van der Waals surface area contributed by atoms with Crippen LogP contribution in [0.4, 0.5) is 10.9 Å². The number of aromatic nitrogens is 3. The van der Waals surface area contributed by atoms with Gasteiger partial charge in [-0.2, -0.15) is 5.10 Å². The van der Waals surface area contributed by atoms with Crippen LogP contribution in [0.15, 0.2) is 6.20 Å². The van der Waals surface area contributed by atoms with Crippen molar-refractivity contribution in [3.05, 3.63) is 27.9 Å². The highest BCUT2D eigenvalue weighted by atomic mass is 32.1. The van der Waals surface area contributed by atoms with Gasteiger partial charge in [-0.15, -0.1) is 16.4 Å². The van der Waals surface area contributed by atoms with E-state index in [1.165, 1.54) is 0 Å². The molecule has 0 aliphatic heterocycles. The Hall–Kier alpha value is -1.60. The van der Waals surface area contributed by atoms with Gasteiger partial charge in [0.1, 0.15) is 4.99 Å². The van der Waals surface area contributed by atoms with Crippen molar-refractivity contribution in [2.24, 2.45) is 5.73 Å². The standard InChI is InChI=1S/C13H17N5S2/c1-4-8-9(5-2)17-18-12(10(8)11(14)19)16-13-15-6-7(3)20-13/h6H,4-5H2,1-3H3,(H2,14,19)(H,15,16,18). The molecule has 0 bridgehead atoms. The molecule has 7 heteroatoms. The van der Waals surface area contributed by atoms with Crippen LogP contribution in [0.3, 0.4) is 0 Å². The summed E-state index contributed by atoms with van der Waals surface area (Å²) in [6.45, 7) is 6.11. The summed E-state index contributed by atoms with van der Waals surface area (Å²) in [6, 6.07) is 0. The first-order valence-electron chi connectivity index (χ1n) is 6.44. The van der Waals surface area contributed by atoms with Crippen molar-refractivity contribution in [3.8, 4) is 0 Å². The van der Waals surface area contributed by atoms with E-state index in [0.717, 1.165) is 39.7 Å². The fourth-order valence-electron chi connectivity index (χ4n) is 2.04. The molecule has 0 atom stereocenters. The smallest absolute Gasteiger partial charge is 0.188 e. The highest BCUT2D eigenvalue weighted by Gasteiger charge is 2.17. The number of anilines is 2. The first-order chi connectivity index (χ1) is 9.56. The van der Waals surface area contributed by atoms with Gasteiger partial charge in [-0.1, -0.05) is 26.1 Å². The average molecular weight is 307 g/mol. The molecule has 2 aromatic heterocycles. The van der Waals surface area contributed by atoms with Crippen LogP contribution in [0, 0.1) is 6.92 Å². The number of thiocarbonyl (C=S) groups is 1. The molecule has 106 valence electrons. The third-order valence-corrected chi connectivity index (χ3v) is 3.97. The lowest BCUT2D eigenvalue weighted by Gasteiger charge is -2.14. The summed E-state index contributed by atoms with van der Waals surface area (Å²) >= 11 is 6.74. The SMILES string of the molecule is CCc1nnc(Nc2ncc(C)s2)c(C(N)=S)c1CC. The van der Waals surface area contributed by atoms with Gasteiger partial charge < -0.3 is 11.1 Å². The van der Waals surface area contributed by atoms with Crippen molar-refractivity contribution < 1.29 is 0 Å². The van der Waals surface area contributed by atoms with Crippen LogP contribution in [0.5, 0.6) is 0 Å². The average Bonchev–Trinajstić information content (AvgIpc) is 2.83. The van der Waals surface area contributed by atoms with Crippen molar-refractivity contribution in [1.29, 1.82) is 0 Å². The molecule has 0 unspecified atom stereocenters. The van der Waals surface area contributed by atoms with Gasteiger partial charge in [0.15, 0.2) is 10.9 Å². The summed E-state index contributed by atoms with van der Waals surface area (Å²) in [5.74, 6) is 0.584. The van der Waals surface area contributed by atoms with Crippen LogP contribution in [0.25, 0.3) is 0 Å². The molecule has 0 saturated heterocycles. The van der Waals surface area contributed by atoms with Crippen LogP contribution in [0.2, 0.25) is 0 Å². The number of hydrogen-bond acceptors (Lipinski definition) is 6. The minimum Gasteiger partial charge on any atom is -0.389 e. The van der Waals surface area contributed by atoms with Crippen molar-refractivity contribution >= 4 is 39.5 Å². The predicted octanol–water partition coefficient (Wildman–Crippen LogP) is 2.74. The molecule has 0 fully saturated rings. The Labute approximate surface area is 127 Å². The number of aryl methyl sites for hydroxylation is 2. The summed E-state index contributed by atoms with van der Waals surface area (Å²) < 4.78 is 0. The monoisotopic (exact) mass is 307 g/mol. The summed E-state index contributed by atoms with van der Waals surface area (Å²) in [7, 11) is 0. The van der Waals surface area contributed by atoms with E-state index in [1.807, 2.05) is 20.0 Å². The summed E-state index contributed by atoms with van der Waals surface area (Å²) in [5.41, 5.74) is 8.66. The van der Waals surface area contributed by atoms with Crippen LogP contribution >= 0.6 is 23.6 Å². The van der Waals surface area contributed by atoms with Crippen molar-refractivity contribution in [2.45, 2.75) is 33.6 Å². The van der Waals surface area contributed by atoms with Crippen LogP contribution in [-0.2, 0) is 12.8 Å². The van der Waals surface area contributed by atoms with Gasteiger partial charge >= 0.3 is 0 Å². The van der Waals surface area contributed by atoms with E-state index in [2.05, 4.69) is 27.4 Å². The Kier molecular flexibility index (Phi) is 4.61. The third kappa shape index (κ3) is 2.94. The molecule has 0 aliphatic carbocycles. The first-order valence-corrected chi connectivity index (χ1v) is 7.66. The maximum absolute atomic E-state index is 5.88. The molecule has 5 nitrogen and oxygen atoms in total. The fraction of sp³-hybridized carbons (Fsp3) is 0.385. The molecule has 0 amide bonds. The zero-order valence-electron chi connectivity index (χ0n) is 11.7. The van der Waals surface area contributed by atoms with E-state index in [1.54, 1.807) is 11.3 Å². The molecule has 0 radical (unpaired) electrons. The second-order valence-electron chi connectivity index (χ2n) is 4.32.